The number of anilines is 1. The molecule has 3 aromatic rings. The fraction of sp³-hybridized carbons (Fsp3) is 0.333. The van der Waals surface area contributed by atoms with E-state index in [1.54, 1.807) is 6.20 Å². The Morgan fingerprint density at radius 1 is 1.09 bits per heavy atom. The summed E-state index contributed by atoms with van der Waals surface area (Å²) in [6.45, 7) is 7.63. The highest BCUT2D eigenvalue weighted by atomic mass is 16.2. The number of H-pyrrole nitrogens is 1. The lowest BCUT2D eigenvalue weighted by Gasteiger charge is -2.27. The zero-order valence-corrected chi connectivity index (χ0v) is 20.0. The minimum absolute atomic E-state index is 0.113. The molecule has 34 heavy (non-hydrogen) atoms. The highest BCUT2D eigenvalue weighted by Gasteiger charge is 2.35. The summed E-state index contributed by atoms with van der Waals surface area (Å²) in [7, 11) is 0. The van der Waals surface area contributed by atoms with E-state index < -0.39 is 0 Å². The van der Waals surface area contributed by atoms with Gasteiger partial charge in [-0.25, -0.2) is 4.98 Å². The Bertz CT molecular complexity index is 1230. The molecule has 3 heterocycles. The van der Waals surface area contributed by atoms with Crippen molar-refractivity contribution >= 4 is 23.5 Å². The molecule has 0 spiro atoms. The minimum Gasteiger partial charge on any atom is -0.357 e. The number of nitrogens with zero attached hydrogens (tertiary/aromatic N) is 2. The van der Waals surface area contributed by atoms with Crippen LogP contribution in [0.5, 0.6) is 0 Å². The molecule has 0 aliphatic carbocycles. The number of nitrogens with one attached hydrogen (secondary N) is 2. The van der Waals surface area contributed by atoms with Crippen molar-refractivity contribution in [2.75, 3.05) is 11.9 Å². The molecular weight excluding hydrogens is 428 g/mol. The van der Waals surface area contributed by atoms with Crippen LogP contribution in [-0.4, -0.2) is 39.1 Å². The molecule has 0 unspecified atom stereocenters. The fourth-order valence-electron chi connectivity index (χ4n) is 4.17. The van der Waals surface area contributed by atoms with Crippen LogP contribution in [0.4, 0.5) is 5.82 Å². The molecule has 2 N–H and O–H groups in total. The third-order valence-electron chi connectivity index (χ3n) is 6.03. The molecule has 0 fully saturated rings. The third-order valence-corrected chi connectivity index (χ3v) is 6.03. The Kier molecular flexibility index (Phi) is 6.63. The molecule has 4 rings (SSSR count). The largest absolute Gasteiger partial charge is 0.357 e. The number of rotatable bonds is 6. The Morgan fingerprint density at radius 2 is 1.82 bits per heavy atom. The Hall–Kier alpha value is -3.74. The summed E-state index contributed by atoms with van der Waals surface area (Å²) < 4.78 is 0. The van der Waals surface area contributed by atoms with Gasteiger partial charge in [0.25, 0.3) is 5.91 Å². The molecule has 2 aromatic heterocycles. The van der Waals surface area contributed by atoms with Crippen LogP contribution in [-0.2, 0) is 22.4 Å². The molecule has 1 aliphatic rings. The number of aromatic nitrogens is 2. The van der Waals surface area contributed by atoms with Crippen molar-refractivity contribution in [2.45, 2.75) is 40.5 Å². The van der Waals surface area contributed by atoms with Crippen molar-refractivity contribution in [2.24, 2.45) is 11.8 Å². The van der Waals surface area contributed by atoms with E-state index in [2.05, 4.69) is 15.3 Å². The SMILES string of the molecule is CC(C)C(=O)Nc1cc(-c2[nH]c3c(c2Cc2ccccc2)C(=O)N(C(=O)C(C)C)CC3)ccn1. The second-order valence-corrected chi connectivity index (χ2v) is 9.27. The van der Waals surface area contributed by atoms with Crippen molar-refractivity contribution in [3.63, 3.8) is 0 Å². The maximum absolute atomic E-state index is 13.5. The molecule has 0 saturated heterocycles. The second-order valence-electron chi connectivity index (χ2n) is 9.27. The molecule has 1 aromatic carbocycles. The van der Waals surface area contributed by atoms with Crippen molar-refractivity contribution in [1.29, 1.82) is 0 Å². The third kappa shape index (κ3) is 4.64. The average molecular weight is 459 g/mol. The summed E-state index contributed by atoms with van der Waals surface area (Å²) in [6.07, 6.45) is 2.75. The molecule has 1 aliphatic heterocycles. The van der Waals surface area contributed by atoms with Gasteiger partial charge in [0.2, 0.25) is 11.8 Å². The van der Waals surface area contributed by atoms with E-state index in [1.165, 1.54) is 4.90 Å². The van der Waals surface area contributed by atoms with E-state index in [9.17, 15) is 14.4 Å². The van der Waals surface area contributed by atoms with Gasteiger partial charge in [-0.05, 0) is 23.3 Å². The molecule has 0 atom stereocenters. The molecule has 0 saturated carbocycles. The number of aromatic amines is 1. The summed E-state index contributed by atoms with van der Waals surface area (Å²) in [6, 6.07) is 13.6. The van der Waals surface area contributed by atoms with Gasteiger partial charge in [0, 0.05) is 48.7 Å². The van der Waals surface area contributed by atoms with Crippen molar-refractivity contribution in [3.05, 3.63) is 71.0 Å². The second kappa shape index (κ2) is 9.63. The first-order chi connectivity index (χ1) is 16.3. The van der Waals surface area contributed by atoms with Gasteiger partial charge in [-0.2, -0.15) is 0 Å². The Balaban J connectivity index is 1.80. The van der Waals surface area contributed by atoms with Crippen LogP contribution in [0, 0.1) is 11.8 Å². The highest BCUT2D eigenvalue weighted by molar-refractivity contribution is 6.08. The Labute approximate surface area is 199 Å². The van der Waals surface area contributed by atoms with Gasteiger partial charge >= 0.3 is 0 Å². The van der Waals surface area contributed by atoms with Crippen molar-refractivity contribution in [1.82, 2.24) is 14.9 Å². The van der Waals surface area contributed by atoms with Crippen molar-refractivity contribution in [3.8, 4) is 11.3 Å². The monoisotopic (exact) mass is 458 g/mol. The standard InChI is InChI=1S/C27H30N4O3/c1-16(2)25(32)30-22-15-19(10-12-28-22)24-20(14-18-8-6-5-7-9-18)23-21(29-24)11-13-31(27(23)34)26(33)17(3)4/h5-10,12,15-17,29H,11,13-14H2,1-4H3,(H,28,30,32). The number of amides is 3. The number of imide groups is 1. The molecule has 7 heteroatoms. The number of hydrogen-bond donors (Lipinski definition) is 2. The normalized spacial score (nSPS) is 13.4. The lowest BCUT2D eigenvalue weighted by atomic mass is 9.94. The van der Waals surface area contributed by atoms with Gasteiger partial charge in [0.05, 0.1) is 11.3 Å². The highest BCUT2D eigenvalue weighted by Crippen LogP contribution is 2.34. The maximum atomic E-state index is 13.5. The zero-order valence-electron chi connectivity index (χ0n) is 20.0. The van der Waals surface area contributed by atoms with Gasteiger partial charge in [-0.3, -0.25) is 19.3 Å². The minimum atomic E-state index is -0.256. The van der Waals surface area contributed by atoms with Crippen LogP contribution in [0.1, 0.15) is 54.9 Å². The number of pyridine rings is 1. The molecule has 0 radical (unpaired) electrons. The number of fused-ring (bicyclic) bond motifs is 1. The molecule has 176 valence electrons. The van der Waals surface area contributed by atoms with Crippen LogP contribution in [0.15, 0.2) is 48.7 Å². The average Bonchev–Trinajstić information content (AvgIpc) is 3.18. The Morgan fingerprint density at radius 3 is 2.50 bits per heavy atom. The summed E-state index contributed by atoms with van der Waals surface area (Å²) in [5.74, 6) is -0.495. The van der Waals surface area contributed by atoms with Gasteiger partial charge in [-0.15, -0.1) is 0 Å². The first-order valence-electron chi connectivity index (χ1n) is 11.7. The van der Waals surface area contributed by atoms with Gasteiger partial charge in [0.15, 0.2) is 0 Å². The number of carbonyl (C=O) groups excluding carboxylic acids is 3. The first kappa shape index (κ1) is 23.4. The van der Waals surface area contributed by atoms with Gasteiger partial charge in [-0.1, -0.05) is 58.0 Å². The summed E-state index contributed by atoms with van der Waals surface area (Å²) in [4.78, 5) is 47.5. The van der Waals surface area contributed by atoms with Crippen LogP contribution in [0.2, 0.25) is 0 Å². The summed E-state index contributed by atoms with van der Waals surface area (Å²) in [5, 5.41) is 2.84. The fourth-order valence-corrected chi connectivity index (χ4v) is 4.17. The lowest BCUT2D eigenvalue weighted by molar-refractivity contribution is -0.131. The van der Waals surface area contributed by atoms with E-state index in [4.69, 9.17) is 0 Å². The van der Waals surface area contributed by atoms with Gasteiger partial charge < -0.3 is 10.3 Å². The predicted octanol–water partition coefficient (Wildman–Crippen LogP) is 4.44. The van der Waals surface area contributed by atoms with Crippen LogP contribution in [0.3, 0.4) is 0 Å². The predicted molar refractivity (Wildman–Crippen MR) is 131 cm³/mol. The van der Waals surface area contributed by atoms with E-state index in [1.807, 2.05) is 70.2 Å². The number of carbonyl (C=O) groups is 3. The van der Waals surface area contributed by atoms with Gasteiger partial charge in [0.1, 0.15) is 5.82 Å². The topological polar surface area (TPSA) is 95.2 Å². The van der Waals surface area contributed by atoms with Crippen LogP contribution in [0.25, 0.3) is 11.3 Å². The van der Waals surface area contributed by atoms with Crippen LogP contribution >= 0.6 is 0 Å². The first-order valence-corrected chi connectivity index (χ1v) is 11.7. The molecular formula is C27H30N4O3. The quantitative estimate of drug-likeness (QED) is 0.571. The van der Waals surface area contributed by atoms with Crippen molar-refractivity contribution < 1.29 is 14.4 Å². The molecule has 3 amide bonds. The van der Waals surface area contributed by atoms with E-state index in [0.29, 0.717) is 30.8 Å². The summed E-state index contributed by atoms with van der Waals surface area (Å²) >= 11 is 0. The number of benzene rings is 1. The van der Waals surface area contributed by atoms with E-state index >= 15 is 0 Å². The smallest absolute Gasteiger partial charge is 0.262 e. The van der Waals surface area contributed by atoms with E-state index in [0.717, 1.165) is 28.1 Å². The number of hydrogen-bond acceptors (Lipinski definition) is 4. The molecule has 0 bridgehead atoms. The maximum Gasteiger partial charge on any atom is 0.262 e. The van der Waals surface area contributed by atoms with Crippen LogP contribution < -0.4 is 5.32 Å². The van der Waals surface area contributed by atoms with E-state index in [-0.39, 0.29) is 29.6 Å². The summed E-state index contributed by atoms with van der Waals surface area (Å²) in [5.41, 5.74) is 4.95. The zero-order chi connectivity index (χ0) is 24.4. The lowest BCUT2D eigenvalue weighted by Crippen LogP contribution is -2.44. The molecule has 7 nitrogen and oxygen atoms in total.